The summed E-state index contributed by atoms with van der Waals surface area (Å²) in [5, 5.41) is 8.69. The summed E-state index contributed by atoms with van der Waals surface area (Å²) in [4.78, 5) is 38.4. The number of likely N-dealkylation sites (tertiary alicyclic amines) is 1. The first-order valence-corrected chi connectivity index (χ1v) is 10.8. The molecule has 0 aliphatic carbocycles. The summed E-state index contributed by atoms with van der Waals surface area (Å²) in [7, 11) is 0. The van der Waals surface area contributed by atoms with Crippen molar-refractivity contribution in [1.82, 2.24) is 4.90 Å². The lowest BCUT2D eigenvalue weighted by Gasteiger charge is -2.26. The van der Waals surface area contributed by atoms with Crippen LogP contribution in [-0.4, -0.2) is 42.3 Å². The third-order valence-corrected chi connectivity index (χ3v) is 5.19. The fourth-order valence-electron chi connectivity index (χ4n) is 3.32. The maximum absolute atomic E-state index is 12.5. The van der Waals surface area contributed by atoms with E-state index in [0.29, 0.717) is 16.9 Å². The Bertz CT molecular complexity index is 901. The smallest absolute Gasteiger partial charge is 0.253 e. The number of nitrogens with one attached hydrogen (secondary N) is 3. The monoisotopic (exact) mass is 422 g/mol. The summed E-state index contributed by atoms with van der Waals surface area (Å²) in [6.07, 6.45) is 3.32. The molecule has 7 nitrogen and oxygen atoms in total. The number of rotatable bonds is 7. The number of hydrogen-bond acceptors (Lipinski definition) is 4. The third-order valence-electron chi connectivity index (χ3n) is 5.19. The molecule has 0 bridgehead atoms. The molecule has 7 heteroatoms. The van der Waals surface area contributed by atoms with Crippen LogP contribution in [0.3, 0.4) is 0 Å². The van der Waals surface area contributed by atoms with E-state index in [2.05, 4.69) is 16.0 Å². The highest BCUT2D eigenvalue weighted by molar-refractivity contribution is 5.96. The molecule has 2 aromatic rings. The van der Waals surface area contributed by atoms with Gasteiger partial charge in [-0.05, 0) is 67.8 Å². The Hall–Kier alpha value is -3.35. The van der Waals surface area contributed by atoms with Gasteiger partial charge in [-0.25, -0.2) is 0 Å². The number of hydrogen-bond donors (Lipinski definition) is 3. The Morgan fingerprint density at radius 3 is 1.94 bits per heavy atom. The summed E-state index contributed by atoms with van der Waals surface area (Å²) in [6, 6.07) is 14.2. The lowest BCUT2D eigenvalue weighted by molar-refractivity contribution is -0.119. The molecule has 1 fully saturated rings. The van der Waals surface area contributed by atoms with Crippen molar-refractivity contribution in [3.8, 4) is 0 Å². The minimum atomic E-state index is -0.188. The lowest BCUT2D eigenvalue weighted by atomic mass is 10.1. The summed E-state index contributed by atoms with van der Waals surface area (Å²) in [6.45, 7) is 5.41. The first-order valence-electron chi connectivity index (χ1n) is 10.8. The SMILES string of the molecule is CC(C)C(=O)Nc1ccc(NC(=O)CNc2ccc(C(=O)N3CCCCC3)cc2)cc1. The number of nitrogens with zero attached hydrogens (tertiary/aromatic N) is 1. The molecular weight excluding hydrogens is 392 g/mol. The molecule has 1 aliphatic heterocycles. The zero-order valence-electron chi connectivity index (χ0n) is 18.1. The van der Waals surface area contributed by atoms with Crippen molar-refractivity contribution in [3.05, 3.63) is 54.1 Å². The van der Waals surface area contributed by atoms with Gasteiger partial charge in [0.15, 0.2) is 0 Å². The van der Waals surface area contributed by atoms with Crippen LogP contribution in [0.15, 0.2) is 48.5 Å². The number of anilines is 3. The molecule has 3 rings (SSSR count). The lowest BCUT2D eigenvalue weighted by Crippen LogP contribution is -2.35. The van der Waals surface area contributed by atoms with Crippen molar-refractivity contribution in [2.24, 2.45) is 5.92 Å². The van der Waals surface area contributed by atoms with Crippen LogP contribution >= 0.6 is 0 Å². The molecule has 164 valence electrons. The molecule has 0 atom stereocenters. The molecule has 31 heavy (non-hydrogen) atoms. The zero-order chi connectivity index (χ0) is 22.2. The molecule has 0 saturated carbocycles. The topological polar surface area (TPSA) is 90.5 Å². The molecule has 3 amide bonds. The first-order chi connectivity index (χ1) is 14.9. The molecule has 1 aliphatic rings. The van der Waals surface area contributed by atoms with Crippen molar-refractivity contribution in [3.63, 3.8) is 0 Å². The summed E-state index contributed by atoms with van der Waals surface area (Å²) < 4.78 is 0. The number of benzene rings is 2. The van der Waals surface area contributed by atoms with Gasteiger partial charge in [-0.3, -0.25) is 14.4 Å². The normalized spacial score (nSPS) is 13.6. The van der Waals surface area contributed by atoms with Crippen LogP contribution in [0, 0.1) is 5.92 Å². The maximum atomic E-state index is 12.5. The van der Waals surface area contributed by atoms with Gasteiger partial charge in [-0.15, -0.1) is 0 Å². The van der Waals surface area contributed by atoms with Crippen molar-refractivity contribution < 1.29 is 14.4 Å². The second-order valence-corrected chi connectivity index (χ2v) is 8.05. The molecule has 0 aromatic heterocycles. The van der Waals surface area contributed by atoms with Gasteiger partial charge in [0.25, 0.3) is 5.91 Å². The van der Waals surface area contributed by atoms with Gasteiger partial charge in [0.2, 0.25) is 11.8 Å². The molecule has 3 N–H and O–H groups in total. The second-order valence-electron chi connectivity index (χ2n) is 8.05. The van der Waals surface area contributed by atoms with Crippen LogP contribution in [0.4, 0.5) is 17.1 Å². The molecular formula is C24H30N4O3. The molecule has 2 aromatic carbocycles. The highest BCUT2D eigenvalue weighted by Gasteiger charge is 2.17. The predicted molar refractivity (Wildman–Crippen MR) is 123 cm³/mol. The van der Waals surface area contributed by atoms with Crippen LogP contribution < -0.4 is 16.0 Å². The number of amides is 3. The Labute approximate surface area is 183 Å². The van der Waals surface area contributed by atoms with Crippen LogP contribution in [-0.2, 0) is 9.59 Å². The Morgan fingerprint density at radius 1 is 0.806 bits per heavy atom. The van der Waals surface area contributed by atoms with E-state index in [1.165, 1.54) is 6.42 Å². The van der Waals surface area contributed by atoms with Crippen LogP contribution in [0.1, 0.15) is 43.5 Å². The standard InChI is InChI=1S/C24H30N4O3/c1-17(2)23(30)27-21-12-10-20(11-13-21)26-22(29)16-25-19-8-6-18(7-9-19)24(31)28-14-4-3-5-15-28/h6-13,17,25H,3-5,14-16H2,1-2H3,(H,26,29)(H,27,30). The molecule has 0 radical (unpaired) electrons. The largest absolute Gasteiger partial charge is 0.376 e. The average Bonchev–Trinajstić information content (AvgIpc) is 2.79. The summed E-state index contributed by atoms with van der Waals surface area (Å²) in [5.74, 6) is -0.267. The number of carbonyl (C=O) groups excluding carboxylic acids is 3. The maximum Gasteiger partial charge on any atom is 0.253 e. The Balaban J connectivity index is 1.46. The summed E-state index contributed by atoms with van der Waals surface area (Å²) in [5.41, 5.74) is 2.78. The van der Waals surface area contributed by atoms with E-state index in [1.54, 1.807) is 36.4 Å². The van der Waals surface area contributed by atoms with Crippen LogP contribution in [0.25, 0.3) is 0 Å². The van der Waals surface area contributed by atoms with Gasteiger partial charge in [-0.2, -0.15) is 0 Å². The molecule has 0 spiro atoms. The van der Waals surface area contributed by atoms with Crippen LogP contribution in [0.2, 0.25) is 0 Å². The molecule has 1 heterocycles. The minimum Gasteiger partial charge on any atom is -0.376 e. The fourth-order valence-corrected chi connectivity index (χ4v) is 3.32. The summed E-state index contributed by atoms with van der Waals surface area (Å²) >= 11 is 0. The quantitative estimate of drug-likeness (QED) is 0.630. The molecule has 0 unspecified atom stereocenters. The van der Waals surface area contributed by atoms with Gasteiger partial charge in [0.05, 0.1) is 6.54 Å². The van der Waals surface area contributed by atoms with Gasteiger partial charge in [0, 0.05) is 41.6 Å². The molecule has 1 saturated heterocycles. The van der Waals surface area contributed by atoms with E-state index in [9.17, 15) is 14.4 Å². The van der Waals surface area contributed by atoms with Gasteiger partial charge < -0.3 is 20.9 Å². The average molecular weight is 423 g/mol. The van der Waals surface area contributed by atoms with Gasteiger partial charge in [-0.1, -0.05) is 13.8 Å². The Kier molecular flexibility index (Phi) is 7.65. The van der Waals surface area contributed by atoms with Crippen molar-refractivity contribution in [2.45, 2.75) is 33.1 Å². The number of carbonyl (C=O) groups is 3. The van der Waals surface area contributed by atoms with E-state index < -0.39 is 0 Å². The van der Waals surface area contributed by atoms with E-state index in [0.717, 1.165) is 31.6 Å². The van der Waals surface area contributed by atoms with E-state index >= 15 is 0 Å². The van der Waals surface area contributed by atoms with Crippen molar-refractivity contribution in [1.29, 1.82) is 0 Å². The van der Waals surface area contributed by atoms with Gasteiger partial charge in [0.1, 0.15) is 0 Å². The minimum absolute atomic E-state index is 0.0513. The fraction of sp³-hybridized carbons (Fsp3) is 0.375. The third kappa shape index (κ3) is 6.57. The van der Waals surface area contributed by atoms with Crippen molar-refractivity contribution >= 4 is 34.8 Å². The van der Waals surface area contributed by atoms with E-state index in [1.807, 2.05) is 30.9 Å². The van der Waals surface area contributed by atoms with Crippen molar-refractivity contribution in [2.75, 3.05) is 35.6 Å². The highest BCUT2D eigenvalue weighted by atomic mass is 16.2. The van der Waals surface area contributed by atoms with E-state index in [-0.39, 0.29) is 30.2 Å². The van der Waals surface area contributed by atoms with Crippen LogP contribution in [0.5, 0.6) is 0 Å². The zero-order valence-corrected chi connectivity index (χ0v) is 18.1. The van der Waals surface area contributed by atoms with E-state index in [4.69, 9.17) is 0 Å². The highest BCUT2D eigenvalue weighted by Crippen LogP contribution is 2.16. The predicted octanol–water partition coefficient (Wildman–Crippen LogP) is 3.96. The van der Waals surface area contributed by atoms with Gasteiger partial charge >= 0.3 is 0 Å². The number of piperidine rings is 1. The Morgan fingerprint density at radius 2 is 1.35 bits per heavy atom. The first kappa shape index (κ1) is 22.3. The second kappa shape index (κ2) is 10.6.